The molecule has 3 aromatic rings. The van der Waals surface area contributed by atoms with Crippen LogP contribution in [0.4, 0.5) is 34.5 Å². The molecule has 0 aliphatic carbocycles. The van der Waals surface area contributed by atoms with Crippen LogP contribution < -0.4 is 25.6 Å². The normalized spacial score (nSPS) is 17.0. The summed E-state index contributed by atoms with van der Waals surface area (Å²) >= 11 is 6.44. The van der Waals surface area contributed by atoms with E-state index in [0.717, 1.165) is 57.7 Å². The Morgan fingerprint density at radius 2 is 1.75 bits per heavy atom. The van der Waals surface area contributed by atoms with E-state index < -0.39 is 7.14 Å². The van der Waals surface area contributed by atoms with Crippen LogP contribution in [-0.2, 0) is 4.57 Å². The molecule has 2 saturated heterocycles. The number of piperazine rings is 1. The molecule has 14 heteroatoms. The predicted octanol–water partition coefficient (Wildman–Crippen LogP) is 5.31. The number of nitrogens with one attached hydrogen (secondary N) is 2. The molecule has 0 spiro atoms. The summed E-state index contributed by atoms with van der Waals surface area (Å²) in [6.45, 7) is 11.1. The Morgan fingerprint density at radius 3 is 2.39 bits per heavy atom. The number of halogens is 1. The lowest BCUT2D eigenvalue weighted by Crippen LogP contribution is -2.52. The number of nitrogens with zero attached hydrogens (tertiary/aromatic N) is 6. The van der Waals surface area contributed by atoms with Crippen molar-refractivity contribution in [3.8, 4) is 5.75 Å². The van der Waals surface area contributed by atoms with Gasteiger partial charge in [-0.05, 0) is 52.3 Å². The number of aryl methyl sites for hydroxylation is 1. The van der Waals surface area contributed by atoms with Gasteiger partial charge in [-0.1, -0.05) is 23.2 Å². The molecule has 236 valence electrons. The minimum absolute atomic E-state index is 0.0235. The van der Waals surface area contributed by atoms with Gasteiger partial charge in [0.25, 0.3) is 5.69 Å². The molecule has 5 rings (SSSR count). The maximum Gasteiger partial charge on any atom is 0.294 e. The Bertz CT molecular complexity index is 1570. The maximum atomic E-state index is 13.0. The number of hydrogen-bond acceptors (Lipinski definition) is 11. The third kappa shape index (κ3) is 7.26. The van der Waals surface area contributed by atoms with E-state index in [0.29, 0.717) is 40.0 Å². The van der Waals surface area contributed by atoms with E-state index in [-0.39, 0.29) is 21.6 Å². The Labute approximate surface area is 263 Å². The molecule has 2 fully saturated rings. The Balaban J connectivity index is 1.37. The topological polar surface area (TPSA) is 129 Å². The summed E-state index contributed by atoms with van der Waals surface area (Å²) in [6.07, 6.45) is 3.34. The fourth-order valence-electron chi connectivity index (χ4n) is 5.84. The quantitative estimate of drug-likeness (QED) is 0.179. The lowest BCUT2D eigenvalue weighted by Gasteiger charge is -2.42. The molecular weight excluding hydrogens is 603 g/mol. The molecule has 0 radical (unpaired) electrons. The summed E-state index contributed by atoms with van der Waals surface area (Å²) in [7, 11) is 1.07. The highest BCUT2D eigenvalue weighted by molar-refractivity contribution is 7.70. The second-order valence-electron chi connectivity index (χ2n) is 11.9. The standard InChI is InChI=1S/C30H40ClN8O4P/c1-20-6-7-23(28(16-20)44(4,5)42)33-29-22(31)19-32-30(35-29)34-24-17-26(39(40)41)25(18-27(24)43-3)38-10-8-21(9-11-38)37-14-12-36(2)13-15-37/h6-7,16-19,21H,8-15H2,1-5H3,(H2,32,33,34,35). The van der Waals surface area contributed by atoms with Crippen LogP contribution in [0.5, 0.6) is 5.75 Å². The number of aromatic nitrogens is 2. The first-order chi connectivity index (χ1) is 20.9. The van der Waals surface area contributed by atoms with Crippen LogP contribution in [0.2, 0.25) is 5.02 Å². The first-order valence-electron chi connectivity index (χ1n) is 14.7. The number of benzene rings is 2. The van der Waals surface area contributed by atoms with Crippen LogP contribution in [0.1, 0.15) is 18.4 Å². The number of nitro benzene ring substituents is 1. The molecule has 0 unspecified atom stereocenters. The summed E-state index contributed by atoms with van der Waals surface area (Å²) in [5.74, 6) is 0.893. The highest BCUT2D eigenvalue weighted by Crippen LogP contribution is 2.41. The third-order valence-corrected chi connectivity index (χ3v) is 10.1. The summed E-state index contributed by atoms with van der Waals surface area (Å²) < 4.78 is 18.6. The van der Waals surface area contributed by atoms with Gasteiger partial charge in [-0.25, -0.2) is 4.98 Å². The predicted molar refractivity (Wildman–Crippen MR) is 178 cm³/mol. The lowest BCUT2D eigenvalue weighted by molar-refractivity contribution is -0.384. The number of likely N-dealkylation sites (N-methyl/N-ethyl adjacent to an activating group) is 1. The summed E-state index contributed by atoms with van der Waals surface area (Å²) in [4.78, 5) is 27.7. The van der Waals surface area contributed by atoms with Crippen molar-refractivity contribution < 1.29 is 14.2 Å². The largest absolute Gasteiger partial charge is 0.494 e. The molecule has 2 aromatic carbocycles. The van der Waals surface area contributed by atoms with Crippen molar-refractivity contribution in [1.29, 1.82) is 0 Å². The molecular formula is C30H40ClN8O4P. The van der Waals surface area contributed by atoms with Crippen LogP contribution in [0.15, 0.2) is 36.5 Å². The first kappa shape index (κ1) is 32.0. The highest BCUT2D eigenvalue weighted by Gasteiger charge is 2.30. The van der Waals surface area contributed by atoms with E-state index in [1.54, 1.807) is 19.4 Å². The van der Waals surface area contributed by atoms with Crippen molar-refractivity contribution >= 4 is 58.6 Å². The fraction of sp³-hybridized carbons (Fsp3) is 0.467. The fourth-order valence-corrected chi connectivity index (χ4v) is 7.20. The van der Waals surface area contributed by atoms with Crippen molar-refractivity contribution in [3.05, 3.63) is 57.2 Å². The van der Waals surface area contributed by atoms with E-state index in [1.165, 1.54) is 19.4 Å². The Kier molecular flexibility index (Phi) is 9.65. The zero-order valence-electron chi connectivity index (χ0n) is 25.8. The molecule has 2 aliphatic heterocycles. The van der Waals surface area contributed by atoms with E-state index in [4.69, 9.17) is 16.3 Å². The summed E-state index contributed by atoms with van der Waals surface area (Å²) in [6, 6.07) is 9.31. The molecule has 3 heterocycles. The van der Waals surface area contributed by atoms with Gasteiger partial charge in [0.05, 0.1) is 29.6 Å². The second kappa shape index (κ2) is 13.3. The zero-order chi connectivity index (χ0) is 31.6. The van der Waals surface area contributed by atoms with Crippen LogP contribution in [0, 0.1) is 17.0 Å². The van der Waals surface area contributed by atoms with Gasteiger partial charge in [0.1, 0.15) is 23.6 Å². The van der Waals surface area contributed by atoms with E-state index in [1.807, 2.05) is 25.1 Å². The van der Waals surface area contributed by atoms with E-state index in [9.17, 15) is 14.7 Å². The third-order valence-electron chi connectivity index (χ3n) is 8.33. The van der Waals surface area contributed by atoms with Crippen molar-refractivity contribution in [2.24, 2.45) is 0 Å². The van der Waals surface area contributed by atoms with Crippen molar-refractivity contribution in [2.45, 2.75) is 25.8 Å². The molecule has 12 nitrogen and oxygen atoms in total. The second-order valence-corrected chi connectivity index (χ2v) is 15.5. The van der Waals surface area contributed by atoms with Gasteiger partial charge in [-0.2, -0.15) is 4.98 Å². The van der Waals surface area contributed by atoms with Crippen molar-refractivity contribution in [2.75, 3.05) is 82.3 Å². The molecule has 44 heavy (non-hydrogen) atoms. The molecule has 0 saturated carbocycles. The number of rotatable bonds is 9. The number of anilines is 5. The van der Waals surface area contributed by atoms with Crippen molar-refractivity contribution in [3.63, 3.8) is 0 Å². The molecule has 0 amide bonds. The average Bonchev–Trinajstić information content (AvgIpc) is 2.99. The number of piperidine rings is 1. The smallest absolute Gasteiger partial charge is 0.294 e. The average molecular weight is 643 g/mol. The van der Waals surface area contributed by atoms with Crippen LogP contribution in [0.25, 0.3) is 0 Å². The lowest BCUT2D eigenvalue weighted by atomic mass is 10.0. The number of methoxy groups -OCH3 is 1. The van der Waals surface area contributed by atoms with E-state index >= 15 is 0 Å². The number of hydrogen-bond donors (Lipinski definition) is 2. The van der Waals surface area contributed by atoms with Crippen LogP contribution in [0.3, 0.4) is 0 Å². The zero-order valence-corrected chi connectivity index (χ0v) is 27.5. The van der Waals surface area contributed by atoms with Gasteiger partial charge in [0.2, 0.25) is 5.95 Å². The van der Waals surface area contributed by atoms with Crippen molar-refractivity contribution in [1.82, 2.24) is 19.8 Å². The minimum Gasteiger partial charge on any atom is -0.494 e. The number of nitro groups is 1. The highest BCUT2D eigenvalue weighted by atomic mass is 35.5. The monoisotopic (exact) mass is 642 g/mol. The number of ether oxygens (including phenoxy) is 1. The van der Waals surface area contributed by atoms with Gasteiger partial charge in [-0.3, -0.25) is 15.0 Å². The first-order valence-corrected chi connectivity index (χ1v) is 17.7. The van der Waals surface area contributed by atoms with Gasteiger partial charge in [0.15, 0.2) is 5.82 Å². The molecule has 0 atom stereocenters. The van der Waals surface area contributed by atoms with Gasteiger partial charge < -0.3 is 29.7 Å². The Morgan fingerprint density at radius 1 is 1.05 bits per heavy atom. The van der Waals surface area contributed by atoms with Crippen LogP contribution in [-0.4, -0.2) is 97.5 Å². The summed E-state index contributed by atoms with van der Waals surface area (Å²) in [5, 5.41) is 19.5. The van der Waals surface area contributed by atoms with Gasteiger partial charge in [0, 0.05) is 62.7 Å². The molecule has 1 aromatic heterocycles. The van der Waals surface area contributed by atoms with Gasteiger partial charge >= 0.3 is 0 Å². The maximum absolute atomic E-state index is 13.0. The minimum atomic E-state index is -2.61. The summed E-state index contributed by atoms with van der Waals surface area (Å²) in [5.41, 5.74) is 2.48. The van der Waals surface area contributed by atoms with E-state index in [2.05, 4.69) is 42.3 Å². The van der Waals surface area contributed by atoms with Crippen LogP contribution >= 0.6 is 18.7 Å². The molecule has 2 N–H and O–H groups in total. The van der Waals surface area contributed by atoms with Gasteiger partial charge in [-0.15, -0.1) is 0 Å². The SMILES string of the molecule is COc1cc(N2CCC(N3CCN(C)CC3)CC2)c([N+](=O)[O-])cc1Nc1ncc(Cl)c(Nc2ccc(C)cc2P(C)(C)=O)n1. The molecule has 2 aliphatic rings. The molecule has 0 bridgehead atoms. The Hall–Kier alpha value is -3.44.